The summed E-state index contributed by atoms with van der Waals surface area (Å²) in [6, 6.07) is 0. The van der Waals surface area contributed by atoms with Gasteiger partial charge in [-0.2, -0.15) is 0 Å². The van der Waals surface area contributed by atoms with Crippen molar-refractivity contribution in [2.45, 2.75) is 32.8 Å². The molecule has 1 nitrogen and oxygen atoms in total. The summed E-state index contributed by atoms with van der Waals surface area (Å²) in [5.74, 6) is 1.49. The molecular weight excluding hydrogens is 100 g/mol. The van der Waals surface area contributed by atoms with Crippen molar-refractivity contribution in [2.24, 2.45) is 0 Å². The summed E-state index contributed by atoms with van der Waals surface area (Å²) in [4.78, 5) is 0. The molecule has 0 aromatic heterocycles. The molecule has 1 aliphatic rings. The van der Waals surface area contributed by atoms with Gasteiger partial charge in [0.2, 0.25) is 0 Å². The zero-order valence-corrected chi connectivity index (χ0v) is 5.61. The second kappa shape index (κ2) is 2.49. The molecule has 0 aliphatic carbocycles. The molecule has 0 aromatic carbocycles. The summed E-state index contributed by atoms with van der Waals surface area (Å²) >= 11 is 0. The first-order valence-corrected chi connectivity index (χ1v) is 3.22. The molecule has 1 atom stereocenters. The van der Waals surface area contributed by atoms with Crippen LogP contribution in [0.2, 0.25) is 0 Å². The van der Waals surface area contributed by atoms with Crippen molar-refractivity contribution in [1.29, 1.82) is 0 Å². The summed E-state index contributed by atoms with van der Waals surface area (Å²) in [7, 11) is 0. The molecule has 8 heavy (non-hydrogen) atoms. The van der Waals surface area contributed by atoms with E-state index in [0.717, 1.165) is 6.61 Å². The van der Waals surface area contributed by atoms with E-state index in [2.05, 4.69) is 13.8 Å². The molecule has 0 aromatic rings. The molecular formula is C7H13O. The maximum atomic E-state index is 5.35. The van der Waals surface area contributed by atoms with Crippen LogP contribution < -0.4 is 0 Å². The monoisotopic (exact) mass is 113 g/mol. The maximum absolute atomic E-state index is 5.35. The Hall–Kier alpha value is -0.0400. The Balaban J connectivity index is 2.19. The Labute approximate surface area is 51.0 Å². The van der Waals surface area contributed by atoms with Gasteiger partial charge in [-0.25, -0.2) is 0 Å². The van der Waals surface area contributed by atoms with Crippen molar-refractivity contribution < 1.29 is 4.74 Å². The van der Waals surface area contributed by atoms with Gasteiger partial charge in [0, 0.05) is 0 Å². The zero-order chi connectivity index (χ0) is 5.98. The fourth-order valence-corrected chi connectivity index (χ4v) is 0.890. The number of hydrogen-bond donors (Lipinski definition) is 0. The smallest absolute Gasteiger partial charge is 0.0547 e. The van der Waals surface area contributed by atoms with E-state index in [0.29, 0.717) is 6.10 Å². The fourth-order valence-electron chi connectivity index (χ4n) is 0.890. The second-order valence-electron chi connectivity index (χ2n) is 2.62. The molecule has 47 valence electrons. The lowest BCUT2D eigenvalue weighted by atomic mass is 10.0. The van der Waals surface area contributed by atoms with E-state index in [9.17, 15) is 0 Å². The van der Waals surface area contributed by atoms with E-state index >= 15 is 0 Å². The molecule has 1 heterocycles. The molecule has 1 unspecified atom stereocenters. The Morgan fingerprint density at radius 1 is 1.62 bits per heavy atom. The minimum absolute atomic E-state index is 0.499. The van der Waals surface area contributed by atoms with Crippen LogP contribution in [-0.2, 0) is 4.74 Å². The van der Waals surface area contributed by atoms with Gasteiger partial charge in [-0.1, -0.05) is 6.92 Å². The van der Waals surface area contributed by atoms with Gasteiger partial charge < -0.3 is 4.74 Å². The number of rotatable bonds is 0. The van der Waals surface area contributed by atoms with E-state index in [-0.39, 0.29) is 0 Å². The number of ether oxygens (including phenoxy) is 1. The molecule has 0 spiro atoms. The maximum Gasteiger partial charge on any atom is 0.0547 e. The highest BCUT2D eigenvalue weighted by Crippen LogP contribution is 2.18. The zero-order valence-electron chi connectivity index (χ0n) is 5.61. The van der Waals surface area contributed by atoms with Crippen LogP contribution in [-0.4, -0.2) is 12.7 Å². The molecule has 1 fully saturated rings. The van der Waals surface area contributed by atoms with Gasteiger partial charge in [0.15, 0.2) is 0 Å². The SMILES string of the molecule is C[C]1CCC(C)OC1. The summed E-state index contributed by atoms with van der Waals surface area (Å²) in [5.41, 5.74) is 0. The standard InChI is InChI=1S/C7H13O/c1-6-3-4-7(2)8-5-6/h7H,3-5H2,1-2H3. The summed E-state index contributed by atoms with van der Waals surface area (Å²) < 4.78 is 5.35. The quantitative estimate of drug-likeness (QED) is 0.465. The molecule has 1 aliphatic heterocycles. The summed E-state index contributed by atoms with van der Waals surface area (Å²) in [5, 5.41) is 0. The van der Waals surface area contributed by atoms with Gasteiger partial charge in [-0.05, 0) is 25.7 Å². The van der Waals surface area contributed by atoms with E-state index in [1.165, 1.54) is 18.8 Å². The van der Waals surface area contributed by atoms with E-state index in [1.807, 2.05) is 0 Å². The predicted octanol–water partition coefficient (Wildman–Crippen LogP) is 1.78. The van der Waals surface area contributed by atoms with Gasteiger partial charge in [0.05, 0.1) is 12.7 Å². The lowest BCUT2D eigenvalue weighted by molar-refractivity contribution is 0.0416. The van der Waals surface area contributed by atoms with Gasteiger partial charge in [-0.15, -0.1) is 0 Å². The Bertz CT molecular complexity index is 52.8. The van der Waals surface area contributed by atoms with Crippen LogP contribution in [0.4, 0.5) is 0 Å². The molecule has 1 saturated heterocycles. The minimum atomic E-state index is 0.499. The average Bonchev–Trinajstić information content (AvgIpc) is 1.77. The highest BCUT2D eigenvalue weighted by Gasteiger charge is 2.13. The number of hydrogen-bond acceptors (Lipinski definition) is 1. The van der Waals surface area contributed by atoms with Crippen molar-refractivity contribution in [3.63, 3.8) is 0 Å². The topological polar surface area (TPSA) is 9.23 Å². The third kappa shape index (κ3) is 1.48. The third-order valence-electron chi connectivity index (χ3n) is 1.59. The van der Waals surface area contributed by atoms with Crippen LogP contribution in [0.3, 0.4) is 0 Å². The molecule has 1 heteroatoms. The lowest BCUT2D eigenvalue weighted by Crippen LogP contribution is -2.19. The van der Waals surface area contributed by atoms with Gasteiger partial charge in [0.25, 0.3) is 0 Å². The molecule has 1 rings (SSSR count). The van der Waals surface area contributed by atoms with E-state index < -0.39 is 0 Å². The summed E-state index contributed by atoms with van der Waals surface area (Å²) in [6.45, 7) is 5.18. The highest BCUT2D eigenvalue weighted by molar-refractivity contribution is 4.87. The highest BCUT2D eigenvalue weighted by atomic mass is 16.5. The average molecular weight is 113 g/mol. The Morgan fingerprint density at radius 3 is 2.75 bits per heavy atom. The van der Waals surface area contributed by atoms with Crippen LogP contribution in [0.5, 0.6) is 0 Å². The van der Waals surface area contributed by atoms with Gasteiger partial charge >= 0.3 is 0 Å². The van der Waals surface area contributed by atoms with Crippen molar-refractivity contribution >= 4 is 0 Å². The minimum Gasteiger partial charge on any atom is -0.378 e. The Kier molecular flexibility index (Phi) is 1.90. The molecule has 0 amide bonds. The van der Waals surface area contributed by atoms with Crippen LogP contribution in [0.25, 0.3) is 0 Å². The molecule has 0 N–H and O–H groups in total. The van der Waals surface area contributed by atoms with Crippen molar-refractivity contribution in [3.05, 3.63) is 5.92 Å². The summed E-state index contributed by atoms with van der Waals surface area (Å²) in [6.07, 6.45) is 2.98. The van der Waals surface area contributed by atoms with E-state index in [4.69, 9.17) is 4.74 Å². The van der Waals surface area contributed by atoms with Crippen molar-refractivity contribution in [3.8, 4) is 0 Å². The first kappa shape index (κ1) is 6.09. The van der Waals surface area contributed by atoms with Crippen LogP contribution in [0.15, 0.2) is 0 Å². The molecule has 0 saturated carbocycles. The fraction of sp³-hybridized carbons (Fsp3) is 0.857. The van der Waals surface area contributed by atoms with Crippen LogP contribution in [0, 0.1) is 5.92 Å². The molecule has 1 radical (unpaired) electrons. The predicted molar refractivity (Wildman–Crippen MR) is 33.6 cm³/mol. The largest absolute Gasteiger partial charge is 0.378 e. The lowest BCUT2D eigenvalue weighted by Gasteiger charge is -2.23. The first-order chi connectivity index (χ1) is 3.79. The van der Waals surface area contributed by atoms with Gasteiger partial charge in [-0.3, -0.25) is 0 Å². The van der Waals surface area contributed by atoms with Crippen molar-refractivity contribution in [1.82, 2.24) is 0 Å². The normalized spacial score (nSPS) is 33.0. The Morgan fingerprint density at radius 2 is 2.38 bits per heavy atom. The van der Waals surface area contributed by atoms with Crippen LogP contribution in [0.1, 0.15) is 26.7 Å². The van der Waals surface area contributed by atoms with Crippen LogP contribution >= 0.6 is 0 Å². The van der Waals surface area contributed by atoms with Gasteiger partial charge in [0.1, 0.15) is 0 Å². The molecule has 0 bridgehead atoms. The first-order valence-electron chi connectivity index (χ1n) is 3.22. The van der Waals surface area contributed by atoms with E-state index in [1.54, 1.807) is 0 Å². The van der Waals surface area contributed by atoms with Crippen molar-refractivity contribution in [2.75, 3.05) is 6.61 Å². The third-order valence-corrected chi connectivity index (χ3v) is 1.59. The second-order valence-corrected chi connectivity index (χ2v) is 2.62.